The molecule has 0 spiro atoms. The highest BCUT2D eigenvalue weighted by atomic mass is 79.9. The fraction of sp³-hybridized carbons (Fsp3) is 0.0769. The van der Waals surface area contributed by atoms with Crippen LogP contribution in [0.3, 0.4) is 0 Å². The van der Waals surface area contributed by atoms with E-state index < -0.39 is 17.8 Å². The zero-order valence-corrected chi connectivity index (χ0v) is 13.3. The van der Waals surface area contributed by atoms with E-state index in [4.69, 9.17) is 5.73 Å². The monoisotopic (exact) mass is 401 g/mol. The van der Waals surface area contributed by atoms with Gasteiger partial charge in [-0.2, -0.15) is 0 Å². The molecule has 3 N–H and O–H groups in total. The van der Waals surface area contributed by atoms with E-state index in [9.17, 15) is 9.18 Å². The first-order valence-corrected chi connectivity index (χ1v) is 7.19. The number of nitrogens with one attached hydrogen (secondary N) is 1. The van der Waals surface area contributed by atoms with Crippen LogP contribution in [-0.2, 0) is 4.79 Å². The maximum absolute atomic E-state index is 13.6. The Balaban J connectivity index is 2.37. The minimum absolute atomic E-state index is 0.188. The van der Waals surface area contributed by atoms with Crippen LogP contribution in [0.15, 0.2) is 45.5 Å². The van der Waals surface area contributed by atoms with Crippen LogP contribution in [0, 0.1) is 5.82 Å². The Kier molecular flexibility index (Phi) is 4.72. The molecule has 1 aromatic carbocycles. The van der Waals surface area contributed by atoms with Crippen molar-refractivity contribution in [1.82, 2.24) is 4.98 Å². The zero-order chi connectivity index (χ0) is 14.7. The first-order valence-electron chi connectivity index (χ1n) is 5.60. The van der Waals surface area contributed by atoms with E-state index in [2.05, 4.69) is 42.2 Å². The van der Waals surface area contributed by atoms with Crippen LogP contribution < -0.4 is 11.1 Å². The summed E-state index contributed by atoms with van der Waals surface area (Å²) < 4.78 is 15.0. The Morgan fingerprint density at radius 3 is 2.65 bits per heavy atom. The van der Waals surface area contributed by atoms with Gasteiger partial charge in [-0.3, -0.25) is 9.78 Å². The van der Waals surface area contributed by atoms with Gasteiger partial charge < -0.3 is 11.1 Å². The number of para-hydroxylation sites is 1. The zero-order valence-electron chi connectivity index (χ0n) is 10.1. The molecular formula is C13H10Br2FN3O. The molecule has 0 bridgehead atoms. The molecule has 104 valence electrons. The van der Waals surface area contributed by atoms with Crippen molar-refractivity contribution >= 4 is 43.5 Å². The predicted molar refractivity (Wildman–Crippen MR) is 81.6 cm³/mol. The van der Waals surface area contributed by atoms with Gasteiger partial charge in [0.2, 0.25) is 5.91 Å². The number of amides is 1. The summed E-state index contributed by atoms with van der Waals surface area (Å²) in [6.07, 6.45) is 1.54. The van der Waals surface area contributed by atoms with Crippen LogP contribution in [0.4, 0.5) is 10.1 Å². The normalized spacial score (nSPS) is 11.9. The predicted octanol–water partition coefficient (Wildman–Crippen LogP) is 3.38. The number of anilines is 1. The molecule has 20 heavy (non-hydrogen) atoms. The summed E-state index contributed by atoms with van der Waals surface area (Å²) in [5.41, 5.74) is 5.96. The quantitative estimate of drug-likeness (QED) is 0.823. The minimum atomic E-state index is -0.936. The summed E-state index contributed by atoms with van der Waals surface area (Å²) in [5.74, 6) is -1.12. The van der Waals surface area contributed by atoms with Gasteiger partial charge in [0.15, 0.2) is 0 Å². The number of hydrogen-bond acceptors (Lipinski definition) is 3. The van der Waals surface area contributed by atoms with E-state index in [1.807, 2.05) is 0 Å². The third-order valence-electron chi connectivity index (χ3n) is 2.57. The number of pyridine rings is 1. The Bertz CT molecular complexity index is 651. The number of carbonyl (C=O) groups excluding carboxylic acids is 1. The number of carbonyl (C=O) groups is 1. The van der Waals surface area contributed by atoms with Crippen LogP contribution in [0.2, 0.25) is 0 Å². The van der Waals surface area contributed by atoms with Crippen molar-refractivity contribution in [1.29, 1.82) is 0 Å². The second-order valence-electron chi connectivity index (χ2n) is 3.98. The molecule has 1 heterocycles. The van der Waals surface area contributed by atoms with Crippen LogP contribution in [-0.4, -0.2) is 10.9 Å². The largest absolute Gasteiger partial charge is 0.368 e. The molecule has 0 saturated carbocycles. The van der Waals surface area contributed by atoms with E-state index in [0.29, 0.717) is 10.2 Å². The van der Waals surface area contributed by atoms with E-state index in [-0.39, 0.29) is 5.69 Å². The number of rotatable bonds is 4. The average Bonchev–Trinajstić information content (AvgIpc) is 2.38. The number of aromatic nitrogens is 1. The molecule has 0 radical (unpaired) electrons. The van der Waals surface area contributed by atoms with Crippen molar-refractivity contribution < 1.29 is 9.18 Å². The van der Waals surface area contributed by atoms with Crippen LogP contribution in [0.1, 0.15) is 11.7 Å². The van der Waals surface area contributed by atoms with Gasteiger partial charge in [0.1, 0.15) is 11.9 Å². The van der Waals surface area contributed by atoms with Gasteiger partial charge in [0, 0.05) is 15.1 Å². The van der Waals surface area contributed by atoms with Gasteiger partial charge in [-0.25, -0.2) is 4.39 Å². The average molecular weight is 403 g/mol. The molecule has 2 aromatic rings. The summed E-state index contributed by atoms with van der Waals surface area (Å²) >= 11 is 6.59. The fourth-order valence-corrected chi connectivity index (χ4v) is 2.86. The Hall–Kier alpha value is -1.47. The summed E-state index contributed by atoms with van der Waals surface area (Å²) in [4.78, 5) is 15.8. The second kappa shape index (κ2) is 6.32. The molecule has 0 aliphatic carbocycles. The SMILES string of the molecule is NC(=O)C(Nc1ccccc1F)c1ncc(Br)cc1Br. The lowest BCUT2D eigenvalue weighted by Crippen LogP contribution is -2.29. The summed E-state index contributed by atoms with van der Waals surface area (Å²) in [6, 6.07) is 6.85. The van der Waals surface area contributed by atoms with Gasteiger partial charge in [-0.15, -0.1) is 0 Å². The number of nitrogens with two attached hydrogens (primary N) is 1. The third-order valence-corrected chi connectivity index (χ3v) is 3.64. The van der Waals surface area contributed by atoms with Gasteiger partial charge in [0.25, 0.3) is 0 Å². The van der Waals surface area contributed by atoms with Crippen LogP contribution in [0.25, 0.3) is 0 Å². The van der Waals surface area contributed by atoms with Gasteiger partial charge in [-0.1, -0.05) is 12.1 Å². The van der Waals surface area contributed by atoms with Gasteiger partial charge in [0.05, 0.1) is 11.4 Å². The van der Waals surface area contributed by atoms with Crippen molar-refractivity contribution in [3.05, 3.63) is 57.0 Å². The minimum Gasteiger partial charge on any atom is -0.368 e. The standard InChI is InChI=1S/C13H10Br2FN3O/c14-7-5-8(15)11(18-6-7)12(13(17)20)19-10-4-2-1-3-9(10)16/h1-6,12,19H,(H2,17,20). The van der Waals surface area contributed by atoms with Gasteiger partial charge >= 0.3 is 0 Å². The van der Waals surface area contributed by atoms with Crippen molar-refractivity contribution in [3.8, 4) is 0 Å². The Morgan fingerprint density at radius 1 is 1.35 bits per heavy atom. The lowest BCUT2D eigenvalue weighted by Gasteiger charge is -2.18. The van der Waals surface area contributed by atoms with E-state index >= 15 is 0 Å². The highest BCUT2D eigenvalue weighted by molar-refractivity contribution is 9.11. The molecule has 0 saturated heterocycles. The lowest BCUT2D eigenvalue weighted by atomic mass is 10.1. The molecule has 0 fully saturated rings. The van der Waals surface area contributed by atoms with Crippen molar-refractivity contribution in [2.75, 3.05) is 5.32 Å². The summed E-state index contributed by atoms with van der Waals surface area (Å²) in [6.45, 7) is 0. The van der Waals surface area contributed by atoms with Crippen LogP contribution >= 0.6 is 31.9 Å². The maximum atomic E-state index is 13.6. The fourth-order valence-electron chi connectivity index (χ4n) is 1.65. The first kappa shape index (κ1) is 14.9. The highest BCUT2D eigenvalue weighted by Crippen LogP contribution is 2.27. The van der Waals surface area contributed by atoms with E-state index in [0.717, 1.165) is 4.47 Å². The van der Waals surface area contributed by atoms with E-state index in [1.54, 1.807) is 24.4 Å². The molecule has 2 rings (SSSR count). The smallest absolute Gasteiger partial charge is 0.246 e. The number of hydrogen-bond donors (Lipinski definition) is 2. The molecule has 1 amide bonds. The third kappa shape index (κ3) is 3.34. The second-order valence-corrected chi connectivity index (χ2v) is 5.75. The lowest BCUT2D eigenvalue weighted by molar-refractivity contribution is -0.118. The van der Waals surface area contributed by atoms with Crippen LogP contribution in [0.5, 0.6) is 0 Å². The highest BCUT2D eigenvalue weighted by Gasteiger charge is 2.23. The topological polar surface area (TPSA) is 68.0 Å². The molecule has 1 atom stereocenters. The first-order chi connectivity index (χ1) is 9.49. The molecule has 1 unspecified atom stereocenters. The summed E-state index contributed by atoms with van der Waals surface area (Å²) in [7, 11) is 0. The number of nitrogens with zero attached hydrogens (tertiary/aromatic N) is 1. The number of halogens is 3. The maximum Gasteiger partial charge on any atom is 0.246 e. The molecular weight excluding hydrogens is 393 g/mol. The van der Waals surface area contributed by atoms with Gasteiger partial charge in [-0.05, 0) is 50.1 Å². The van der Waals surface area contributed by atoms with Crippen molar-refractivity contribution in [2.24, 2.45) is 5.73 Å². The molecule has 1 aromatic heterocycles. The van der Waals surface area contributed by atoms with Crippen molar-refractivity contribution in [3.63, 3.8) is 0 Å². The molecule has 0 aliphatic rings. The van der Waals surface area contributed by atoms with E-state index in [1.165, 1.54) is 12.1 Å². The molecule has 4 nitrogen and oxygen atoms in total. The summed E-state index contributed by atoms with van der Waals surface area (Å²) in [5, 5.41) is 2.77. The Labute approximate surface area is 131 Å². The Morgan fingerprint density at radius 2 is 2.05 bits per heavy atom. The van der Waals surface area contributed by atoms with Crippen molar-refractivity contribution in [2.45, 2.75) is 6.04 Å². The number of primary amides is 1. The number of benzene rings is 1. The molecule has 0 aliphatic heterocycles. The molecule has 7 heteroatoms.